The average Bonchev–Trinajstić information content (AvgIpc) is 2.54. The molecule has 0 atom stereocenters. The monoisotopic (exact) mass is 310 g/mol. The third-order valence-corrected chi connectivity index (χ3v) is 3.09. The Bertz CT molecular complexity index is 963. The normalized spacial score (nSPS) is 10.4. The maximum atomic E-state index is 12.1. The van der Waals surface area contributed by atoms with Crippen LogP contribution in [0.5, 0.6) is 5.75 Å². The van der Waals surface area contributed by atoms with Crippen molar-refractivity contribution in [2.75, 3.05) is 0 Å². The number of nitrogens with zero attached hydrogens (tertiary/aromatic N) is 1. The van der Waals surface area contributed by atoms with Crippen molar-refractivity contribution in [3.8, 4) is 5.75 Å². The van der Waals surface area contributed by atoms with Crippen LogP contribution in [0.2, 0.25) is 0 Å². The minimum Gasteiger partial charge on any atom is -0.476 e. The number of carboxylic acid groups (broad SMARTS) is 1. The van der Waals surface area contributed by atoms with Crippen LogP contribution in [-0.4, -0.2) is 27.0 Å². The first-order valence-corrected chi connectivity index (χ1v) is 6.59. The SMILES string of the molecule is O=C(Oc1ccccc1)c1ccc2[nH]c(=O)c(C(=O)O)nc2c1. The van der Waals surface area contributed by atoms with Gasteiger partial charge in [0.05, 0.1) is 16.6 Å². The highest BCUT2D eigenvalue weighted by molar-refractivity contribution is 5.95. The van der Waals surface area contributed by atoms with Crippen LogP contribution in [0.1, 0.15) is 20.8 Å². The number of nitrogens with one attached hydrogen (secondary N) is 1. The van der Waals surface area contributed by atoms with E-state index in [2.05, 4.69) is 9.97 Å². The fourth-order valence-electron chi connectivity index (χ4n) is 2.01. The smallest absolute Gasteiger partial charge is 0.360 e. The fraction of sp³-hybridized carbons (Fsp3) is 0. The summed E-state index contributed by atoms with van der Waals surface area (Å²) < 4.78 is 5.20. The van der Waals surface area contributed by atoms with E-state index >= 15 is 0 Å². The maximum Gasteiger partial charge on any atom is 0.360 e. The lowest BCUT2D eigenvalue weighted by Gasteiger charge is -2.05. The average molecular weight is 310 g/mol. The van der Waals surface area contributed by atoms with Gasteiger partial charge in [0.2, 0.25) is 5.69 Å². The summed E-state index contributed by atoms with van der Waals surface area (Å²) in [6.07, 6.45) is 0. The minimum atomic E-state index is -1.44. The molecule has 0 saturated carbocycles. The van der Waals surface area contributed by atoms with Gasteiger partial charge in [-0.05, 0) is 30.3 Å². The van der Waals surface area contributed by atoms with E-state index in [1.54, 1.807) is 30.3 Å². The Morgan fingerprint density at radius 2 is 1.83 bits per heavy atom. The lowest BCUT2D eigenvalue weighted by molar-refractivity contribution is 0.0687. The van der Waals surface area contributed by atoms with Gasteiger partial charge in [-0.15, -0.1) is 0 Å². The molecular formula is C16H10N2O5. The number of rotatable bonds is 3. The molecule has 0 amide bonds. The molecule has 0 aliphatic carbocycles. The number of carbonyl (C=O) groups is 2. The first-order valence-electron chi connectivity index (χ1n) is 6.59. The van der Waals surface area contributed by atoms with Crippen LogP contribution >= 0.6 is 0 Å². The number of esters is 1. The molecule has 0 bridgehead atoms. The van der Waals surface area contributed by atoms with Crippen LogP contribution < -0.4 is 10.3 Å². The largest absolute Gasteiger partial charge is 0.476 e. The number of ether oxygens (including phenoxy) is 1. The summed E-state index contributed by atoms with van der Waals surface area (Å²) in [4.78, 5) is 40.8. The third-order valence-electron chi connectivity index (χ3n) is 3.09. The van der Waals surface area contributed by atoms with Gasteiger partial charge >= 0.3 is 11.9 Å². The van der Waals surface area contributed by atoms with Gasteiger partial charge in [0.25, 0.3) is 5.56 Å². The van der Waals surface area contributed by atoms with Crippen molar-refractivity contribution >= 4 is 23.0 Å². The molecule has 1 heterocycles. The van der Waals surface area contributed by atoms with Crippen molar-refractivity contribution < 1.29 is 19.4 Å². The Labute approximate surface area is 129 Å². The van der Waals surface area contributed by atoms with Gasteiger partial charge in [-0.2, -0.15) is 0 Å². The van der Waals surface area contributed by atoms with Gasteiger partial charge in [-0.1, -0.05) is 18.2 Å². The number of carbonyl (C=O) groups excluding carboxylic acids is 1. The molecule has 7 nitrogen and oxygen atoms in total. The second-order valence-corrected chi connectivity index (χ2v) is 4.65. The summed E-state index contributed by atoms with van der Waals surface area (Å²) in [6, 6.07) is 12.8. The molecule has 2 aromatic carbocycles. The first kappa shape index (κ1) is 14.5. The lowest BCUT2D eigenvalue weighted by Crippen LogP contribution is -2.20. The Balaban J connectivity index is 1.99. The maximum absolute atomic E-state index is 12.1. The van der Waals surface area contributed by atoms with E-state index in [0.717, 1.165) is 0 Å². The quantitative estimate of drug-likeness (QED) is 0.564. The number of aromatic nitrogens is 2. The molecule has 0 saturated heterocycles. The molecule has 114 valence electrons. The van der Waals surface area contributed by atoms with Gasteiger partial charge in [-0.3, -0.25) is 4.79 Å². The third kappa shape index (κ3) is 2.93. The van der Waals surface area contributed by atoms with Crippen molar-refractivity contribution in [1.82, 2.24) is 9.97 Å². The topological polar surface area (TPSA) is 109 Å². The number of hydrogen-bond donors (Lipinski definition) is 2. The molecule has 3 aromatic rings. The molecule has 0 unspecified atom stereocenters. The Morgan fingerprint density at radius 1 is 1.09 bits per heavy atom. The van der Waals surface area contributed by atoms with E-state index in [1.165, 1.54) is 18.2 Å². The highest BCUT2D eigenvalue weighted by atomic mass is 16.5. The van der Waals surface area contributed by atoms with Crippen molar-refractivity contribution in [2.24, 2.45) is 0 Å². The molecule has 0 radical (unpaired) electrons. The number of para-hydroxylation sites is 1. The van der Waals surface area contributed by atoms with Gasteiger partial charge in [-0.25, -0.2) is 14.6 Å². The number of benzene rings is 2. The van der Waals surface area contributed by atoms with Crippen LogP contribution in [0.15, 0.2) is 53.3 Å². The van der Waals surface area contributed by atoms with E-state index in [0.29, 0.717) is 11.3 Å². The Morgan fingerprint density at radius 3 is 2.52 bits per heavy atom. The fourth-order valence-corrected chi connectivity index (χ4v) is 2.01. The summed E-state index contributed by atoms with van der Waals surface area (Å²) in [5, 5.41) is 8.92. The summed E-state index contributed by atoms with van der Waals surface area (Å²) in [5.41, 5.74) is -0.728. The van der Waals surface area contributed by atoms with E-state index < -0.39 is 23.2 Å². The predicted octanol–water partition coefficient (Wildman–Crippen LogP) is 1.84. The first-order chi connectivity index (χ1) is 11.0. The van der Waals surface area contributed by atoms with E-state index in [4.69, 9.17) is 9.84 Å². The summed E-state index contributed by atoms with van der Waals surface area (Å²) in [6.45, 7) is 0. The van der Waals surface area contributed by atoms with Crippen molar-refractivity contribution in [3.05, 3.63) is 70.1 Å². The second kappa shape index (κ2) is 5.72. The molecule has 0 aliphatic heterocycles. The van der Waals surface area contributed by atoms with Crippen LogP contribution in [-0.2, 0) is 0 Å². The van der Waals surface area contributed by atoms with Gasteiger partial charge in [0.15, 0.2) is 0 Å². The molecule has 7 heteroatoms. The number of carboxylic acids is 1. The number of H-pyrrole nitrogens is 1. The van der Waals surface area contributed by atoms with E-state index in [-0.39, 0.29) is 11.1 Å². The highest BCUT2D eigenvalue weighted by Crippen LogP contribution is 2.15. The summed E-state index contributed by atoms with van der Waals surface area (Å²) in [5.74, 6) is -1.66. The zero-order chi connectivity index (χ0) is 16.4. The van der Waals surface area contributed by atoms with Gasteiger partial charge in [0.1, 0.15) is 5.75 Å². The van der Waals surface area contributed by atoms with Crippen molar-refractivity contribution in [3.63, 3.8) is 0 Å². The molecule has 0 aliphatic rings. The van der Waals surface area contributed by atoms with Crippen molar-refractivity contribution in [1.29, 1.82) is 0 Å². The predicted molar refractivity (Wildman–Crippen MR) is 80.7 cm³/mol. The van der Waals surface area contributed by atoms with Crippen LogP contribution in [0.3, 0.4) is 0 Å². The van der Waals surface area contributed by atoms with Crippen LogP contribution in [0.4, 0.5) is 0 Å². The molecule has 1 aromatic heterocycles. The molecular weight excluding hydrogens is 300 g/mol. The molecule has 0 spiro atoms. The molecule has 0 fully saturated rings. The number of fused-ring (bicyclic) bond motifs is 1. The highest BCUT2D eigenvalue weighted by Gasteiger charge is 2.14. The molecule has 2 N–H and O–H groups in total. The van der Waals surface area contributed by atoms with Crippen molar-refractivity contribution in [2.45, 2.75) is 0 Å². The number of aromatic amines is 1. The zero-order valence-corrected chi connectivity index (χ0v) is 11.6. The van der Waals surface area contributed by atoms with Gasteiger partial charge < -0.3 is 14.8 Å². The Kier molecular flexibility index (Phi) is 3.60. The van der Waals surface area contributed by atoms with Crippen LogP contribution in [0.25, 0.3) is 11.0 Å². The lowest BCUT2D eigenvalue weighted by atomic mass is 10.2. The Hall–Kier alpha value is -3.48. The summed E-state index contributed by atoms with van der Waals surface area (Å²) >= 11 is 0. The zero-order valence-electron chi connectivity index (χ0n) is 11.6. The standard InChI is InChI=1S/C16H10N2O5/c19-14-13(15(20)21)17-12-8-9(6-7-11(12)18-14)16(22)23-10-4-2-1-3-5-10/h1-8H,(H,18,19)(H,20,21). The summed E-state index contributed by atoms with van der Waals surface area (Å²) in [7, 11) is 0. The van der Waals surface area contributed by atoms with Crippen LogP contribution in [0, 0.1) is 0 Å². The minimum absolute atomic E-state index is 0.185. The second-order valence-electron chi connectivity index (χ2n) is 4.65. The molecule has 3 rings (SSSR count). The van der Waals surface area contributed by atoms with E-state index in [1.807, 2.05) is 0 Å². The number of aromatic carboxylic acids is 1. The molecule has 23 heavy (non-hydrogen) atoms. The van der Waals surface area contributed by atoms with Gasteiger partial charge in [0, 0.05) is 0 Å². The number of hydrogen-bond acceptors (Lipinski definition) is 5. The van der Waals surface area contributed by atoms with E-state index in [9.17, 15) is 14.4 Å².